The Labute approximate surface area is 132 Å². The van der Waals surface area contributed by atoms with Crippen LogP contribution in [0.5, 0.6) is 0 Å². The fourth-order valence-electron chi connectivity index (χ4n) is 1.69. The highest BCUT2D eigenvalue weighted by Crippen LogP contribution is 2.46. The minimum atomic E-state index is -3.49. The van der Waals surface area contributed by atoms with Crippen LogP contribution in [0.25, 0.3) is 0 Å². The maximum absolute atomic E-state index is 12.4. The van der Waals surface area contributed by atoms with Crippen molar-refractivity contribution in [2.45, 2.75) is 53.2 Å². The number of nitrogens with one attached hydrogen (secondary N) is 1. The van der Waals surface area contributed by atoms with Gasteiger partial charge in [-0.25, -0.2) is 4.79 Å². The molecule has 0 aliphatic carbocycles. The van der Waals surface area contributed by atoms with Crippen molar-refractivity contribution in [1.82, 2.24) is 5.32 Å². The van der Waals surface area contributed by atoms with Gasteiger partial charge in [0.25, 0.3) is 0 Å². The summed E-state index contributed by atoms with van der Waals surface area (Å²) in [5.74, 6) is -0.439. The predicted molar refractivity (Wildman–Crippen MR) is 84.1 cm³/mol. The van der Waals surface area contributed by atoms with Crippen molar-refractivity contribution >= 4 is 19.5 Å². The number of amides is 1. The second-order valence-corrected chi connectivity index (χ2v) is 9.31. The van der Waals surface area contributed by atoms with Gasteiger partial charge in [0, 0.05) is 14.2 Å². The van der Waals surface area contributed by atoms with E-state index < -0.39 is 42.7 Å². The van der Waals surface area contributed by atoms with Gasteiger partial charge in [0.05, 0.1) is 6.04 Å². The first-order chi connectivity index (χ1) is 9.74. The smallest absolute Gasteiger partial charge is 0.408 e. The molecule has 0 aliphatic heterocycles. The second-order valence-electron chi connectivity index (χ2n) is 7.05. The molecule has 1 unspecified atom stereocenters. The highest BCUT2D eigenvalue weighted by Gasteiger charge is 2.38. The molecule has 0 radical (unpaired) electrons. The van der Waals surface area contributed by atoms with Crippen LogP contribution in [0.15, 0.2) is 0 Å². The molecule has 0 fully saturated rings. The van der Waals surface area contributed by atoms with Crippen molar-refractivity contribution in [3.63, 3.8) is 0 Å². The van der Waals surface area contributed by atoms with Gasteiger partial charge < -0.3 is 19.1 Å². The molecule has 8 heteroatoms. The molecule has 1 atom stereocenters. The van der Waals surface area contributed by atoms with E-state index in [1.165, 1.54) is 14.2 Å². The van der Waals surface area contributed by atoms with Gasteiger partial charge >= 0.3 is 13.7 Å². The Morgan fingerprint density at radius 1 is 1.05 bits per heavy atom. The Balaban J connectivity index is 5.13. The molecule has 0 aromatic heterocycles. The molecule has 0 bridgehead atoms. The summed E-state index contributed by atoms with van der Waals surface area (Å²) in [7, 11) is -1.06. The zero-order valence-electron chi connectivity index (χ0n) is 14.7. The number of hydrogen-bond acceptors (Lipinski definition) is 6. The molecule has 0 rings (SSSR count). The molecule has 0 saturated carbocycles. The Hall–Kier alpha value is -0.910. The Bertz CT molecular complexity index is 441. The van der Waals surface area contributed by atoms with Crippen molar-refractivity contribution < 1.29 is 27.9 Å². The van der Waals surface area contributed by atoms with Gasteiger partial charge in [-0.3, -0.25) is 9.36 Å². The monoisotopic (exact) mass is 337 g/mol. The van der Waals surface area contributed by atoms with E-state index in [1.54, 1.807) is 41.5 Å². The molecule has 1 amide bonds. The zero-order valence-corrected chi connectivity index (χ0v) is 15.6. The topological polar surface area (TPSA) is 90.9 Å². The average molecular weight is 337 g/mol. The van der Waals surface area contributed by atoms with E-state index in [2.05, 4.69) is 5.32 Å². The lowest BCUT2D eigenvalue weighted by Crippen LogP contribution is -2.51. The molecular weight excluding hydrogens is 309 g/mol. The van der Waals surface area contributed by atoms with Gasteiger partial charge in [0.1, 0.15) is 11.8 Å². The molecule has 7 nitrogen and oxygen atoms in total. The van der Waals surface area contributed by atoms with Crippen molar-refractivity contribution in [1.29, 1.82) is 0 Å². The molecule has 130 valence electrons. The number of ketones is 1. The molecule has 0 aliphatic rings. The summed E-state index contributed by atoms with van der Waals surface area (Å²) in [5.41, 5.74) is -1.26. The van der Waals surface area contributed by atoms with Crippen LogP contribution in [-0.4, -0.2) is 43.9 Å². The van der Waals surface area contributed by atoms with E-state index in [0.29, 0.717) is 0 Å². The lowest BCUT2D eigenvalue weighted by Gasteiger charge is -2.31. The van der Waals surface area contributed by atoms with Crippen LogP contribution in [-0.2, 0) is 23.1 Å². The minimum Gasteiger partial charge on any atom is -0.444 e. The summed E-state index contributed by atoms with van der Waals surface area (Å²) >= 11 is 0. The number of rotatable bonds is 6. The summed E-state index contributed by atoms with van der Waals surface area (Å²) in [5, 5.41) is 2.54. The van der Waals surface area contributed by atoms with Crippen molar-refractivity contribution in [2.24, 2.45) is 5.41 Å². The zero-order chi connectivity index (χ0) is 17.8. The fraction of sp³-hybridized carbons (Fsp3) is 0.857. The minimum absolute atomic E-state index is 0.419. The van der Waals surface area contributed by atoms with Crippen LogP contribution >= 0.6 is 7.60 Å². The quantitative estimate of drug-likeness (QED) is 0.749. The van der Waals surface area contributed by atoms with Crippen LogP contribution in [0.2, 0.25) is 0 Å². The van der Waals surface area contributed by atoms with E-state index in [1.807, 2.05) is 0 Å². The molecule has 0 aromatic rings. The summed E-state index contributed by atoms with van der Waals surface area (Å²) in [6.07, 6.45) is -1.12. The highest BCUT2D eigenvalue weighted by atomic mass is 31.2. The maximum Gasteiger partial charge on any atom is 0.408 e. The molecule has 22 heavy (non-hydrogen) atoms. The summed E-state index contributed by atoms with van der Waals surface area (Å²) in [4.78, 5) is 24.3. The maximum atomic E-state index is 12.4. The van der Waals surface area contributed by atoms with Gasteiger partial charge in [-0.05, 0) is 26.2 Å². The normalized spacial score (nSPS) is 14.4. The van der Waals surface area contributed by atoms with Gasteiger partial charge in [-0.1, -0.05) is 20.8 Å². The lowest BCUT2D eigenvalue weighted by molar-refractivity contribution is -0.121. The third-order valence-electron chi connectivity index (χ3n) is 2.75. The van der Waals surface area contributed by atoms with E-state index in [-0.39, 0.29) is 0 Å². The van der Waals surface area contributed by atoms with Crippen LogP contribution in [0.1, 0.15) is 41.5 Å². The Morgan fingerprint density at radius 2 is 1.50 bits per heavy atom. The first-order valence-electron chi connectivity index (χ1n) is 6.97. The third-order valence-corrected chi connectivity index (χ3v) is 4.57. The van der Waals surface area contributed by atoms with Crippen LogP contribution in [0, 0.1) is 5.41 Å². The van der Waals surface area contributed by atoms with Crippen LogP contribution in [0.3, 0.4) is 0 Å². The van der Waals surface area contributed by atoms with Crippen LogP contribution < -0.4 is 5.32 Å². The molecule has 0 aromatic carbocycles. The summed E-state index contributed by atoms with van der Waals surface area (Å²) in [6.45, 7) is 10.5. The van der Waals surface area contributed by atoms with E-state index in [0.717, 1.165) is 0 Å². The molecule has 1 N–H and O–H groups in total. The van der Waals surface area contributed by atoms with Crippen molar-refractivity contribution in [2.75, 3.05) is 20.4 Å². The number of Topliss-reactive ketones (excluding diaryl/α,β-unsaturated/α-hetero) is 1. The second kappa shape index (κ2) is 7.57. The van der Waals surface area contributed by atoms with E-state index >= 15 is 0 Å². The molecular formula is C14H28NO6P. The SMILES string of the molecule is COP(=O)(CC(=O)C(NC(=O)OC(C)(C)C)C(C)(C)C)OC. The predicted octanol–water partition coefficient (Wildman–Crippen LogP) is 2.98. The fourth-order valence-corrected chi connectivity index (χ4v) is 2.66. The Kier molecular flexibility index (Phi) is 7.26. The average Bonchev–Trinajstić information content (AvgIpc) is 2.32. The number of hydrogen-bond donors (Lipinski definition) is 1. The van der Waals surface area contributed by atoms with Gasteiger partial charge in [0.2, 0.25) is 0 Å². The number of alkyl carbamates (subject to hydrolysis) is 1. The molecule has 0 heterocycles. The highest BCUT2D eigenvalue weighted by molar-refractivity contribution is 7.54. The largest absolute Gasteiger partial charge is 0.444 e. The van der Waals surface area contributed by atoms with E-state index in [9.17, 15) is 14.2 Å². The molecule has 0 spiro atoms. The first kappa shape index (κ1) is 21.1. The van der Waals surface area contributed by atoms with Crippen molar-refractivity contribution in [3.8, 4) is 0 Å². The molecule has 0 saturated heterocycles. The third kappa shape index (κ3) is 7.38. The van der Waals surface area contributed by atoms with Crippen molar-refractivity contribution in [3.05, 3.63) is 0 Å². The first-order valence-corrected chi connectivity index (χ1v) is 8.69. The van der Waals surface area contributed by atoms with Gasteiger partial charge in [0.15, 0.2) is 5.78 Å². The number of ether oxygens (including phenoxy) is 1. The van der Waals surface area contributed by atoms with Gasteiger partial charge in [-0.2, -0.15) is 0 Å². The summed E-state index contributed by atoms with van der Waals surface area (Å²) < 4.78 is 26.8. The van der Waals surface area contributed by atoms with Gasteiger partial charge in [-0.15, -0.1) is 0 Å². The van der Waals surface area contributed by atoms with E-state index in [4.69, 9.17) is 13.8 Å². The van der Waals surface area contributed by atoms with Crippen LogP contribution in [0.4, 0.5) is 4.79 Å². The standard InChI is InChI=1S/C14H28NO6P/c1-13(2,3)11(15-12(17)21-14(4,5)6)10(16)9-22(18,19-7)20-8/h11H,9H2,1-8H3,(H,15,17). The lowest BCUT2D eigenvalue weighted by atomic mass is 9.84. The Morgan fingerprint density at radius 3 is 1.82 bits per heavy atom. The summed E-state index contributed by atoms with van der Waals surface area (Å²) in [6, 6.07) is -0.874. The number of carbonyl (C=O) groups excluding carboxylic acids is 2. The number of carbonyl (C=O) groups is 2.